The summed E-state index contributed by atoms with van der Waals surface area (Å²) in [4.78, 5) is 10.3. The van der Waals surface area contributed by atoms with Gasteiger partial charge in [-0.3, -0.25) is 10.2 Å². The molecule has 0 atom stereocenters. The lowest BCUT2D eigenvalue weighted by molar-refractivity contribution is -0.136. The highest BCUT2D eigenvalue weighted by molar-refractivity contribution is 5.94. The van der Waals surface area contributed by atoms with E-state index in [1.54, 1.807) is 24.3 Å². The predicted octanol–water partition coefficient (Wildman–Crippen LogP) is 0.393. The molecule has 1 rings (SSSR count). The lowest BCUT2D eigenvalue weighted by Gasteiger charge is -2.08. The van der Waals surface area contributed by atoms with Crippen LogP contribution >= 0.6 is 0 Å². The summed E-state index contributed by atoms with van der Waals surface area (Å²) < 4.78 is 5.58. The Bertz CT molecular complexity index is 462. The number of hydrogen-bond acceptors (Lipinski definition) is 5. The summed E-state index contributed by atoms with van der Waals surface area (Å²) in [6, 6.07) is 7.13. The Labute approximate surface area is 130 Å². The molecule has 7 nitrogen and oxygen atoms in total. The van der Waals surface area contributed by atoms with Gasteiger partial charge in [-0.05, 0) is 37.2 Å². The number of aliphatic carboxylic acids is 1. The Kier molecular flexibility index (Phi) is 8.63. The van der Waals surface area contributed by atoms with Gasteiger partial charge < -0.3 is 26.2 Å². The van der Waals surface area contributed by atoms with Gasteiger partial charge in [0.2, 0.25) is 0 Å². The molecule has 0 saturated carbocycles. The van der Waals surface area contributed by atoms with Crippen LogP contribution in [0.2, 0.25) is 0 Å². The third-order valence-electron chi connectivity index (χ3n) is 2.93. The first-order valence-corrected chi connectivity index (χ1v) is 7.30. The number of ether oxygens (including phenoxy) is 1. The maximum absolute atomic E-state index is 10.3. The van der Waals surface area contributed by atoms with Crippen molar-refractivity contribution in [1.29, 1.82) is 5.41 Å². The zero-order chi connectivity index (χ0) is 16.2. The fraction of sp³-hybridized carbons (Fsp3) is 0.467. The number of amidine groups is 1. The van der Waals surface area contributed by atoms with Crippen molar-refractivity contribution in [2.75, 3.05) is 32.8 Å². The molecule has 0 unspecified atom stereocenters. The van der Waals surface area contributed by atoms with Crippen molar-refractivity contribution in [1.82, 2.24) is 10.6 Å². The molecule has 1 aromatic carbocycles. The van der Waals surface area contributed by atoms with Gasteiger partial charge in [0.25, 0.3) is 0 Å². The molecule has 0 aromatic heterocycles. The van der Waals surface area contributed by atoms with E-state index in [-0.39, 0.29) is 12.3 Å². The molecule has 22 heavy (non-hydrogen) atoms. The minimum atomic E-state index is -0.783. The molecule has 0 fully saturated rings. The van der Waals surface area contributed by atoms with Gasteiger partial charge in [0.1, 0.15) is 11.6 Å². The molecule has 0 radical (unpaired) electrons. The SMILES string of the molecule is N=C(N)c1ccc(OCCCNCCNCCC(=O)O)cc1. The number of benzene rings is 1. The molecular formula is C15H24N4O3. The van der Waals surface area contributed by atoms with Crippen molar-refractivity contribution in [2.45, 2.75) is 12.8 Å². The van der Waals surface area contributed by atoms with Crippen LogP contribution in [-0.2, 0) is 4.79 Å². The number of carboxylic acids is 1. The van der Waals surface area contributed by atoms with Crippen LogP contribution in [0.15, 0.2) is 24.3 Å². The third kappa shape index (κ3) is 8.23. The van der Waals surface area contributed by atoms with E-state index in [0.717, 1.165) is 31.8 Å². The number of nitrogen functional groups attached to an aromatic ring is 1. The normalized spacial score (nSPS) is 10.4. The van der Waals surface area contributed by atoms with Crippen LogP contribution in [-0.4, -0.2) is 49.7 Å². The number of rotatable bonds is 12. The molecule has 7 heteroatoms. The van der Waals surface area contributed by atoms with Crippen molar-refractivity contribution in [3.8, 4) is 5.75 Å². The Morgan fingerprint density at radius 2 is 1.77 bits per heavy atom. The van der Waals surface area contributed by atoms with Crippen molar-refractivity contribution < 1.29 is 14.6 Å². The number of carbonyl (C=O) groups is 1. The minimum absolute atomic E-state index is 0.0488. The van der Waals surface area contributed by atoms with E-state index in [2.05, 4.69) is 10.6 Å². The Morgan fingerprint density at radius 1 is 1.14 bits per heavy atom. The van der Waals surface area contributed by atoms with Gasteiger partial charge in [-0.2, -0.15) is 0 Å². The highest BCUT2D eigenvalue weighted by Gasteiger charge is 1.98. The van der Waals surface area contributed by atoms with Crippen molar-refractivity contribution in [2.24, 2.45) is 5.73 Å². The van der Waals surface area contributed by atoms with Gasteiger partial charge in [-0.15, -0.1) is 0 Å². The number of hydrogen-bond donors (Lipinski definition) is 5. The van der Waals surface area contributed by atoms with E-state index in [1.165, 1.54) is 0 Å². The molecule has 0 heterocycles. The van der Waals surface area contributed by atoms with Gasteiger partial charge in [0, 0.05) is 25.2 Å². The van der Waals surface area contributed by atoms with Crippen LogP contribution in [0.25, 0.3) is 0 Å². The predicted molar refractivity (Wildman–Crippen MR) is 85.6 cm³/mol. The average molecular weight is 308 g/mol. The molecule has 122 valence electrons. The van der Waals surface area contributed by atoms with Gasteiger partial charge in [0.05, 0.1) is 13.0 Å². The Hall–Kier alpha value is -2.12. The maximum atomic E-state index is 10.3. The first-order chi connectivity index (χ1) is 10.6. The fourth-order valence-corrected chi connectivity index (χ4v) is 1.74. The lowest BCUT2D eigenvalue weighted by atomic mass is 10.2. The van der Waals surface area contributed by atoms with E-state index in [9.17, 15) is 4.79 Å². The zero-order valence-electron chi connectivity index (χ0n) is 12.6. The number of nitrogens with one attached hydrogen (secondary N) is 3. The second kappa shape index (κ2) is 10.6. The van der Waals surface area contributed by atoms with Crippen molar-refractivity contribution in [3.05, 3.63) is 29.8 Å². The zero-order valence-corrected chi connectivity index (χ0v) is 12.6. The summed E-state index contributed by atoms with van der Waals surface area (Å²) in [7, 11) is 0. The van der Waals surface area contributed by atoms with Crippen molar-refractivity contribution in [3.63, 3.8) is 0 Å². The molecule has 0 aliphatic carbocycles. The summed E-state index contributed by atoms with van der Waals surface area (Å²) >= 11 is 0. The molecule has 0 amide bonds. The highest BCUT2D eigenvalue weighted by Crippen LogP contribution is 2.11. The van der Waals surface area contributed by atoms with E-state index < -0.39 is 5.97 Å². The molecule has 1 aromatic rings. The van der Waals surface area contributed by atoms with Crippen LogP contribution < -0.4 is 21.1 Å². The molecule has 0 saturated heterocycles. The maximum Gasteiger partial charge on any atom is 0.304 e. The van der Waals surface area contributed by atoms with Crippen LogP contribution in [0.3, 0.4) is 0 Å². The van der Waals surface area contributed by atoms with Crippen LogP contribution in [0.4, 0.5) is 0 Å². The third-order valence-corrected chi connectivity index (χ3v) is 2.93. The largest absolute Gasteiger partial charge is 0.494 e. The van der Waals surface area contributed by atoms with Crippen LogP contribution in [0.5, 0.6) is 5.75 Å². The van der Waals surface area contributed by atoms with Crippen LogP contribution in [0.1, 0.15) is 18.4 Å². The highest BCUT2D eigenvalue weighted by atomic mass is 16.5. The molecule has 0 aliphatic rings. The smallest absolute Gasteiger partial charge is 0.304 e. The Morgan fingerprint density at radius 3 is 2.36 bits per heavy atom. The summed E-state index contributed by atoms with van der Waals surface area (Å²) in [5.74, 6) is 0.0296. The number of nitrogens with two attached hydrogens (primary N) is 1. The summed E-state index contributed by atoms with van der Waals surface area (Å²) in [6.07, 6.45) is 1.03. The van der Waals surface area contributed by atoms with Gasteiger partial charge >= 0.3 is 5.97 Å². The molecule has 0 spiro atoms. The molecule has 6 N–H and O–H groups in total. The first-order valence-electron chi connectivity index (χ1n) is 7.30. The van der Waals surface area contributed by atoms with Gasteiger partial charge in [-0.1, -0.05) is 0 Å². The second-order valence-corrected chi connectivity index (χ2v) is 4.78. The minimum Gasteiger partial charge on any atom is -0.494 e. The van der Waals surface area contributed by atoms with Gasteiger partial charge in [-0.25, -0.2) is 0 Å². The molecular weight excluding hydrogens is 284 g/mol. The summed E-state index contributed by atoms with van der Waals surface area (Å²) in [6.45, 7) is 3.49. The number of carboxylic acid groups (broad SMARTS) is 1. The molecule has 0 aliphatic heterocycles. The van der Waals surface area contributed by atoms with Crippen molar-refractivity contribution >= 4 is 11.8 Å². The topological polar surface area (TPSA) is 120 Å². The standard InChI is InChI=1S/C15H24N4O3/c16-15(17)12-2-4-13(5-3-12)22-11-1-7-18-9-10-19-8-6-14(20)21/h2-5,18-19H,1,6-11H2,(H3,16,17)(H,20,21). The molecule has 0 bridgehead atoms. The monoisotopic (exact) mass is 308 g/mol. The summed E-state index contributed by atoms with van der Waals surface area (Å²) in [5.41, 5.74) is 6.06. The van der Waals surface area contributed by atoms with E-state index in [4.69, 9.17) is 21.0 Å². The first kappa shape index (κ1) is 17.9. The summed E-state index contributed by atoms with van der Waals surface area (Å²) in [5, 5.41) is 22.1. The second-order valence-electron chi connectivity index (χ2n) is 4.78. The quantitative estimate of drug-likeness (QED) is 0.216. The van der Waals surface area contributed by atoms with E-state index in [0.29, 0.717) is 18.7 Å². The fourth-order valence-electron chi connectivity index (χ4n) is 1.74. The van der Waals surface area contributed by atoms with E-state index >= 15 is 0 Å². The Balaban J connectivity index is 1.97. The average Bonchev–Trinajstić information content (AvgIpc) is 2.49. The van der Waals surface area contributed by atoms with E-state index in [1.807, 2.05) is 0 Å². The van der Waals surface area contributed by atoms with Crippen LogP contribution in [0, 0.1) is 5.41 Å². The lowest BCUT2D eigenvalue weighted by Crippen LogP contribution is -2.29. The van der Waals surface area contributed by atoms with Gasteiger partial charge in [0.15, 0.2) is 0 Å².